The molecule has 2 N–H and O–H groups in total. The first-order valence-corrected chi connectivity index (χ1v) is 8.25. The lowest BCUT2D eigenvalue weighted by atomic mass is 9.97. The molecule has 1 aromatic rings. The molecule has 1 aliphatic heterocycles. The Morgan fingerprint density at radius 2 is 2.17 bits per heavy atom. The van der Waals surface area contributed by atoms with Gasteiger partial charge in [-0.3, -0.25) is 0 Å². The molecule has 0 saturated carbocycles. The number of carbonyl (C=O) groups excluding carboxylic acids is 1. The Hall–Kier alpha value is -1.53. The number of hydrogen-bond acceptors (Lipinski definition) is 5. The van der Waals surface area contributed by atoms with E-state index >= 15 is 0 Å². The Balaban J connectivity index is 1.64. The van der Waals surface area contributed by atoms with Crippen LogP contribution in [-0.4, -0.2) is 47.9 Å². The number of piperidine rings is 1. The minimum Gasteiger partial charge on any atom is -0.467 e. The summed E-state index contributed by atoms with van der Waals surface area (Å²) in [5.74, 6) is 1.09. The summed E-state index contributed by atoms with van der Waals surface area (Å²) in [6.45, 7) is 8.40. The van der Waals surface area contributed by atoms with Crippen molar-refractivity contribution in [2.24, 2.45) is 5.92 Å². The third-order valence-electron chi connectivity index (χ3n) is 3.91. The maximum Gasteiger partial charge on any atom is 0.410 e. The van der Waals surface area contributed by atoms with Crippen molar-refractivity contribution in [3.8, 4) is 0 Å². The zero-order valence-electron chi connectivity index (χ0n) is 14.2. The summed E-state index contributed by atoms with van der Waals surface area (Å²) in [5, 5.41) is 13.2. The second-order valence-corrected chi connectivity index (χ2v) is 7.10. The minimum atomic E-state index is -0.619. The summed E-state index contributed by atoms with van der Waals surface area (Å²) in [6, 6.07) is 3.54. The fourth-order valence-corrected chi connectivity index (χ4v) is 2.65. The Bertz CT molecular complexity index is 473. The van der Waals surface area contributed by atoms with Gasteiger partial charge in [-0.05, 0) is 58.2 Å². The highest BCUT2D eigenvalue weighted by Crippen LogP contribution is 2.19. The predicted molar refractivity (Wildman–Crippen MR) is 87.1 cm³/mol. The number of furan rings is 1. The van der Waals surface area contributed by atoms with E-state index in [0.717, 1.165) is 32.5 Å². The van der Waals surface area contributed by atoms with Gasteiger partial charge in [0.05, 0.1) is 6.26 Å². The van der Waals surface area contributed by atoms with Gasteiger partial charge in [0.2, 0.25) is 0 Å². The van der Waals surface area contributed by atoms with Crippen LogP contribution in [0.4, 0.5) is 4.79 Å². The summed E-state index contributed by atoms with van der Waals surface area (Å²) in [7, 11) is 0. The number of carbonyl (C=O) groups is 1. The van der Waals surface area contributed by atoms with Crippen LogP contribution in [0.1, 0.15) is 45.5 Å². The van der Waals surface area contributed by atoms with E-state index in [1.807, 2.05) is 20.8 Å². The number of nitrogens with zero attached hydrogens (tertiary/aromatic N) is 1. The van der Waals surface area contributed by atoms with E-state index in [2.05, 4.69) is 5.32 Å². The summed E-state index contributed by atoms with van der Waals surface area (Å²) >= 11 is 0. The first kappa shape index (κ1) is 17.8. The first-order valence-electron chi connectivity index (χ1n) is 8.25. The van der Waals surface area contributed by atoms with Crippen LogP contribution in [-0.2, 0) is 4.74 Å². The van der Waals surface area contributed by atoms with E-state index in [0.29, 0.717) is 18.2 Å². The molecule has 6 heteroatoms. The highest BCUT2D eigenvalue weighted by Gasteiger charge is 2.26. The standard InChI is InChI=1S/C17H28N2O4/c1-17(2,3)23-16(21)19-8-6-13(7-9-19)11-18-12-14(20)15-5-4-10-22-15/h4-5,10,13-14,18,20H,6-9,11-12H2,1-3H3. The fourth-order valence-electron chi connectivity index (χ4n) is 2.65. The van der Waals surface area contributed by atoms with E-state index in [-0.39, 0.29) is 6.09 Å². The van der Waals surface area contributed by atoms with Crippen molar-refractivity contribution < 1.29 is 19.1 Å². The number of aliphatic hydroxyl groups is 1. The third-order valence-corrected chi connectivity index (χ3v) is 3.91. The molecular weight excluding hydrogens is 296 g/mol. The van der Waals surface area contributed by atoms with Gasteiger partial charge in [-0.2, -0.15) is 0 Å². The lowest BCUT2D eigenvalue weighted by Gasteiger charge is -2.33. The molecule has 6 nitrogen and oxygen atoms in total. The summed E-state index contributed by atoms with van der Waals surface area (Å²) in [6.07, 6.45) is 2.61. The Labute approximate surface area is 137 Å². The van der Waals surface area contributed by atoms with Crippen LogP contribution in [0.3, 0.4) is 0 Å². The lowest BCUT2D eigenvalue weighted by Crippen LogP contribution is -2.43. The van der Waals surface area contributed by atoms with E-state index in [1.54, 1.807) is 23.3 Å². The van der Waals surface area contributed by atoms with Crippen LogP contribution in [0.5, 0.6) is 0 Å². The maximum absolute atomic E-state index is 12.0. The van der Waals surface area contributed by atoms with Crippen molar-refractivity contribution in [3.63, 3.8) is 0 Å². The number of hydrogen-bond donors (Lipinski definition) is 2. The predicted octanol–water partition coefficient (Wildman–Crippen LogP) is 2.55. The Morgan fingerprint density at radius 3 is 2.74 bits per heavy atom. The maximum atomic E-state index is 12.0. The van der Waals surface area contributed by atoms with Crippen molar-refractivity contribution >= 4 is 6.09 Å². The van der Waals surface area contributed by atoms with Crippen LogP contribution in [0, 0.1) is 5.92 Å². The van der Waals surface area contributed by atoms with Crippen LogP contribution >= 0.6 is 0 Å². The fraction of sp³-hybridized carbons (Fsp3) is 0.706. The molecule has 2 heterocycles. The summed E-state index contributed by atoms with van der Waals surface area (Å²) < 4.78 is 10.6. The lowest BCUT2D eigenvalue weighted by molar-refractivity contribution is 0.0183. The molecule has 1 aliphatic rings. The topological polar surface area (TPSA) is 74.9 Å². The van der Waals surface area contributed by atoms with Crippen LogP contribution in [0.2, 0.25) is 0 Å². The first-order chi connectivity index (χ1) is 10.8. The molecule has 1 amide bonds. The third kappa shape index (κ3) is 5.88. The van der Waals surface area contributed by atoms with Crippen LogP contribution < -0.4 is 5.32 Å². The molecule has 1 fully saturated rings. The average molecular weight is 324 g/mol. The molecule has 0 aliphatic carbocycles. The molecule has 1 saturated heterocycles. The molecular formula is C17H28N2O4. The molecule has 0 bridgehead atoms. The van der Waals surface area contributed by atoms with Gasteiger partial charge in [0, 0.05) is 19.6 Å². The second kappa shape index (κ2) is 7.84. The Kier molecular flexibility index (Phi) is 6.07. The van der Waals surface area contributed by atoms with E-state index in [4.69, 9.17) is 9.15 Å². The second-order valence-electron chi connectivity index (χ2n) is 7.10. The zero-order valence-corrected chi connectivity index (χ0v) is 14.2. The minimum absolute atomic E-state index is 0.225. The summed E-state index contributed by atoms with van der Waals surface area (Å²) in [5.41, 5.74) is -0.447. The van der Waals surface area contributed by atoms with Gasteiger partial charge in [-0.1, -0.05) is 0 Å². The van der Waals surface area contributed by atoms with E-state index in [1.165, 1.54) is 0 Å². The van der Waals surface area contributed by atoms with Gasteiger partial charge in [0.25, 0.3) is 0 Å². The van der Waals surface area contributed by atoms with Crippen molar-refractivity contribution in [2.45, 2.75) is 45.3 Å². The molecule has 0 spiro atoms. The molecule has 0 aromatic carbocycles. The SMILES string of the molecule is CC(C)(C)OC(=O)N1CCC(CNCC(O)c2ccco2)CC1. The molecule has 0 radical (unpaired) electrons. The van der Waals surface area contributed by atoms with Gasteiger partial charge in [0.1, 0.15) is 17.5 Å². The van der Waals surface area contributed by atoms with Crippen molar-refractivity contribution in [3.05, 3.63) is 24.2 Å². The van der Waals surface area contributed by atoms with Crippen molar-refractivity contribution in [1.82, 2.24) is 10.2 Å². The van der Waals surface area contributed by atoms with Gasteiger partial charge in [0.15, 0.2) is 0 Å². The monoisotopic (exact) mass is 324 g/mol. The van der Waals surface area contributed by atoms with Gasteiger partial charge >= 0.3 is 6.09 Å². The van der Waals surface area contributed by atoms with E-state index in [9.17, 15) is 9.90 Å². The number of ether oxygens (including phenoxy) is 1. The number of likely N-dealkylation sites (tertiary alicyclic amines) is 1. The van der Waals surface area contributed by atoms with E-state index < -0.39 is 11.7 Å². The molecule has 130 valence electrons. The smallest absolute Gasteiger partial charge is 0.410 e. The quantitative estimate of drug-likeness (QED) is 0.870. The molecule has 1 aromatic heterocycles. The normalized spacial score (nSPS) is 18.0. The molecule has 1 unspecified atom stereocenters. The zero-order chi connectivity index (χ0) is 16.9. The molecule has 23 heavy (non-hydrogen) atoms. The van der Waals surface area contributed by atoms with Crippen LogP contribution in [0.25, 0.3) is 0 Å². The van der Waals surface area contributed by atoms with Gasteiger partial charge in [-0.25, -0.2) is 4.79 Å². The summed E-state index contributed by atoms with van der Waals surface area (Å²) in [4.78, 5) is 13.8. The number of rotatable bonds is 5. The van der Waals surface area contributed by atoms with Crippen molar-refractivity contribution in [1.29, 1.82) is 0 Å². The van der Waals surface area contributed by atoms with Gasteiger partial charge in [-0.15, -0.1) is 0 Å². The average Bonchev–Trinajstić information content (AvgIpc) is 3.00. The highest BCUT2D eigenvalue weighted by molar-refractivity contribution is 5.68. The molecule has 2 rings (SSSR count). The largest absolute Gasteiger partial charge is 0.467 e. The number of aliphatic hydroxyl groups excluding tert-OH is 1. The van der Waals surface area contributed by atoms with Crippen LogP contribution in [0.15, 0.2) is 22.8 Å². The van der Waals surface area contributed by atoms with Gasteiger partial charge < -0.3 is 24.5 Å². The molecule has 1 atom stereocenters. The van der Waals surface area contributed by atoms with Crippen molar-refractivity contribution in [2.75, 3.05) is 26.2 Å². The number of nitrogens with one attached hydrogen (secondary N) is 1. The number of amides is 1. The highest BCUT2D eigenvalue weighted by atomic mass is 16.6. The Morgan fingerprint density at radius 1 is 1.48 bits per heavy atom.